The highest BCUT2D eigenvalue weighted by Crippen LogP contribution is 2.22. The van der Waals surface area contributed by atoms with E-state index in [1.54, 1.807) is 75.4 Å². The molecule has 0 saturated carbocycles. The first-order chi connectivity index (χ1) is 14.2. The summed E-state index contributed by atoms with van der Waals surface area (Å²) < 4.78 is 15.4. The zero-order valence-corrected chi connectivity index (χ0v) is 17.5. The second-order valence-corrected chi connectivity index (χ2v) is 7.36. The fourth-order valence-corrected chi connectivity index (χ4v) is 2.54. The number of ether oxygens (including phenoxy) is 3. The minimum absolute atomic E-state index is 0.0468. The average Bonchev–Trinajstić information content (AvgIpc) is 2.71. The van der Waals surface area contributed by atoms with E-state index in [9.17, 15) is 14.4 Å². The molecule has 2 amide bonds. The van der Waals surface area contributed by atoms with Crippen molar-refractivity contribution in [3.8, 4) is 0 Å². The van der Waals surface area contributed by atoms with Gasteiger partial charge in [0.1, 0.15) is 12.2 Å². The van der Waals surface area contributed by atoms with Crippen molar-refractivity contribution in [3.05, 3.63) is 71.8 Å². The maximum atomic E-state index is 12.9. The molecule has 0 aliphatic carbocycles. The Morgan fingerprint density at radius 1 is 0.967 bits per heavy atom. The Bertz CT molecular complexity index is 849. The van der Waals surface area contributed by atoms with Gasteiger partial charge >= 0.3 is 18.2 Å². The molecule has 8 nitrogen and oxygen atoms in total. The molecule has 0 aromatic heterocycles. The number of carbonyl (C=O) groups is 3. The van der Waals surface area contributed by atoms with E-state index in [0.29, 0.717) is 5.56 Å². The summed E-state index contributed by atoms with van der Waals surface area (Å²) in [6.45, 7) is 4.99. The van der Waals surface area contributed by atoms with Gasteiger partial charge in [-0.2, -0.15) is 5.01 Å². The Morgan fingerprint density at radius 3 is 2.07 bits per heavy atom. The third-order valence-corrected chi connectivity index (χ3v) is 3.81. The molecule has 2 aromatic carbocycles. The standard InChI is InChI=1S/C22H26N2O6/c1-22(2,3)30-20(26)23-24(21(27)29-15-16-11-7-5-8-12-16)18(19(25)28-4)17-13-9-6-10-14-17/h5-14,18H,15H2,1-4H3,(H,23,26). The number of nitrogens with one attached hydrogen (secondary N) is 1. The van der Waals surface area contributed by atoms with Crippen molar-refractivity contribution in [1.82, 2.24) is 10.4 Å². The van der Waals surface area contributed by atoms with Gasteiger partial charge in [0.25, 0.3) is 0 Å². The number of hydrogen-bond acceptors (Lipinski definition) is 6. The lowest BCUT2D eigenvalue weighted by Crippen LogP contribution is -2.52. The summed E-state index contributed by atoms with van der Waals surface area (Å²) >= 11 is 0. The number of hydrazine groups is 1. The van der Waals surface area contributed by atoms with Crippen LogP contribution in [-0.2, 0) is 25.6 Å². The van der Waals surface area contributed by atoms with Gasteiger partial charge in [-0.15, -0.1) is 0 Å². The highest BCUT2D eigenvalue weighted by molar-refractivity contribution is 5.84. The van der Waals surface area contributed by atoms with Gasteiger partial charge in [-0.05, 0) is 31.9 Å². The maximum absolute atomic E-state index is 12.9. The second kappa shape index (κ2) is 10.3. The Hall–Kier alpha value is -3.55. The highest BCUT2D eigenvalue weighted by atomic mass is 16.6. The lowest BCUT2D eigenvalue weighted by Gasteiger charge is -2.30. The number of benzene rings is 2. The van der Waals surface area contributed by atoms with Gasteiger partial charge in [0.05, 0.1) is 7.11 Å². The van der Waals surface area contributed by atoms with E-state index in [4.69, 9.17) is 14.2 Å². The minimum Gasteiger partial charge on any atom is -0.467 e. The molecule has 8 heteroatoms. The summed E-state index contributed by atoms with van der Waals surface area (Å²) in [6.07, 6.45) is -1.85. The van der Waals surface area contributed by atoms with Crippen molar-refractivity contribution in [3.63, 3.8) is 0 Å². The van der Waals surface area contributed by atoms with Gasteiger partial charge in [-0.25, -0.2) is 19.8 Å². The van der Waals surface area contributed by atoms with Crippen LogP contribution in [0.1, 0.15) is 37.9 Å². The van der Waals surface area contributed by atoms with Crippen molar-refractivity contribution in [1.29, 1.82) is 0 Å². The van der Waals surface area contributed by atoms with Crippen molar-refractivity contribution >= 4 is 18.2 Å². The molecular weight excluding hydrogens is 388 g/mol. The summed E-state index contributed by atoms with van der Waals surface area (Å²) in [5, 5.41) is 0.776. The monoisotopic (exact) mass is 414 g/mol. The van der Waals surface area contributed by atoms with Gasteiger partial charge in [0, 0.05) is 0 Å². The molecule has 0 spiro atoms. The molecule has 1 unspecified atom stereocenters. The molecular formula is C22H26N2O6. The normalized spacial score (nSPS) is 11.7. The van der Waals surface area contributed by atoms with Crippen LogP contribution in [0.15, 0.2) is 60.7 Å². The lowest BCUT2D eigenvalue weighted by atomic mass is 10.1. The van der Waals surface area contributed by atoms with Crippen LogP contribution < -0.4 is 5.43 Å². The van der Waals surface area contributed by atoms with E-state index in [2.05, 4.69) is 5.43 Å². The molecule has 1 atom stereocenters. The topological polar surface area (TPSA) is 94.2 Å². The van der Waals surface area contributed by atoms with Gasteiger partial charge < -0.3 is 14.2 Å². The van der Waals surface area contributed by atoms with Gasteiger partial charge in [0.15, 0.2) is 6.04 Å². The SMILES string of the molecule is COC(=O)C(c1ccccc1)N(NC(=O)OC(C)(C)C)C(=O)OCc1ccccc1. The molecule has 0 aliphatic rings. The van der Waals surface area contributed by atoms with Crippen LogP contribution in [0.25, 0.3) is 0 Å². The number of nitrogens with zero attached hydrogens (tertiary/aromatic N) is 1. The molecule has 2 aromatic rings. The van der Waals surface area contributed by atoms with Crippen molar-refractivity contribution in [2.75, 3.05) is 7.11 Å². The number of amides is 2. The fourth-order valence-electron chi connectivity index (χ4n) is 2.54. The molecule has 0 aliphatic heterocycles. The van der Waals surface area contributed by atoms with Crippen LogP contribution in [0, 0.1) is 0 Å². The molecule has 0 saturated heterocycles. The second-order valence-electron chi connectivity index (χ2n) is 7.36. The number of carbonyl (C=O) groups excluding carboxylic acids is 3. The van der Waals surface area contributed by atoms with E-state index in [1.165, 1.54) is 7.11 Å². The van der Waals surface area contributed by atoms with Crippen molar-refractivity contribution in [2.24, 2.45) is 0 Å². The summed E-state index contributed by atoms with van der Waals surface area (Å²) in [5.74, 6) is -0.756. The Morgan fingerprint density at radius 2 is 1.53 bits per heavy atom. The van der Waals surface area contributed by atoms with Crippen LogP contribution in [0.4, 0.5) is 9.59 Å². The van der Waals surface area contributed by atoms with E-state index in [0.717, 1.165) is 10.6 Å². The minimum atomic E-state index is -1.27. The van der Waals surface area contributed by atoms with E-state index in [-0.39, 0.29) is 6.61 Å². The van der Waals surface area contributed by atoms with Crippen molar-refractivity contribution in [2.45, 2.75) is 39.0 Å². The molecule has 1 N–H and O–H groups in total. The highest BCUT2D eigenvalue weighted by Gasteiger charge is 2.36. The predicted octanol–water partition coefficient (Wildman–Crippen LogP) is 3.98. The third-order valence-electron chi connectivity index (χ3n) is 3.81. The summed E-state index contributed by atoms with van der Waals surface area (Å²) in [4.78, 5) is 37.8. The number of hydrogen-bond donors (Lipinski definition) is 1. The van der Waals surface area contributed by atoms with E-state index in [1.807, 2.05) is 6.07 Å². The largest absolute Gasteiger partial charge is 0.467 e. The van der Waals surface area contributed by atoms with Gasteiger partial charge in [0.2, 0.25) is 0 Å². The first-order valence-electron chi connectivity index (χ1n) is 9.33. The van der Waals surface area contributed by atoms with Crippen LogP contribution in [0.3, 0.4) is 0 Å². The van der Waals surface area contributed by atoms with Gasteiger partial charge in [-0.3, -0.25) is 0 Å². The fraction of sp³-hybridized carbons (Fsp3) is 0.318. The Kier molecular flexibility index (Phi) is 7.80. The third kappa shape index (κ3) is 6.80. The quantitative estimate of drug-likeness (QED) is 0.452. The van der Waals surface area contributed by atoms with Crippen LogP contribution in [0.5, 0.6) is 0 Å². The summed E-state index contributed by atoms with van der Waals surface area (Å²) in [5.41, 5.74) is 2.69. The molecule has 0 fully saturated rings. The van der Waals surface area contributed by atoms with Crippen LogP contribution in [-0.4, -0.2) is 35.9 Å². The van der Waals surface area contributed by atoms with E-state index < -0.39 is 29.8 Å². The van der Waals surface area contributed by atoms with Gasteiger partial charge in [-0.1, -0.05) is 60.7 Å². The van der Waals surface area contributed by atoms with Crippen LogP contribution >= 0.6 is 0 Å². The summed E-state index contributed by atoms with van der Waals surface area (Å²) in [6, 6.07) is 16.2. The maximum Gasteiger partial charge on any atom is 0.430 e. The molecule has 30 heavy (non-hydrogen) atoms. The smallest absolute Gasteiger partial charge is 0.430 e. The van der Waals surface area contributed by atoms with Crippen molar-refractivity contribution < 1.29 is 28.6 Å². The first-order valence-corrected chi connectivity index (χ1v) is 9.33. The molecule has 0 bridgehead atoms. The predicted molar refractivity (Wildman–Crippen MR) is 109 cm³/mol. The molecule has 0 heterocycles. The zero-order valence-electron chi connectivity index (χ0n) is 17.5. The number of methoxy groups -OCH3 is 1. The molecule has 0 radical (unpaired) electrons. The zero-order chi connectivity index (χ0) is 22.1. The molecule has 2 rings (SSSR count). The number of rotatable bonds is 5. The first kappa shape index (κ1) is 22.7. The average molecular weight is 414 g/mol. The lowest BCUT2D eigenvalue weighted by molar-refractivity contribution is -0.147. The van der Waals surface area contributed by atoms with Crippen LogP contribution in [0.2, 0.25) is 0 Å². The number of esters is 1. The summed E-state index contributed by atoms with van der Waals surface area (Å²) in [7, 11) is 1.19. The molecule has 160 valence electrons. The van der Waals surface area contributed by atoms with E-state index >= 15 is 0 Å². The Balaban J connectivity index is 2.31. The Labute approximate surface area is 175 Å².